The van der Waals surface area contributed by atoms with Gasteiger partial charge in [-0.2, -0.15) is 0 Å². The van der Waals surface area contributed by atoms with Gasteiger partial charge in [-0.25, -0.2) is 0 Å². The van der Waals surface area contributed by atoms with Crippen LogP contribution < -0.4 is 15.8 Å². The number of nitrogens with one attached hydrogen (secondary N) is 1. The van der Waals surface area contributed by atoms with Crippen LogP contribution in [0.1, 0.15) is 17.5 Å². The molecule has 0 aliphatic rings. The number of hydrogen-bond acceptors (Lipinski definition) is 4. The molecule has 0 unspecified atom stereocenters. The monoisotopic (exact) mass is 266 g/mol. The van der Waals surface area contributed by atoms with Crippen LogP contribution in [0, 0.1) is 13.8 Å². The third-order valence-electron chi connectivity index (χ3n) is 2.68. The normalized spacial score (nSPS) is 10.3. The van der Waals surface area contributed by atoms with Gasteiger partial charge in [0.2, 0.25) is 0 Å². The average Bonchev–Trinajstić information content (AvgIpc) is 2.33. The highest BCUT2D eigenvalue weighted by Gasteiger charge is 2.08. The van der Waals surface area contributed by atoms with Crippen molar-refractivity contribution in [2.24, 2.45) is 0 Å². The van der Waals surface area contributed by atoms with E-state index in [4.69, 9.17) is 15.2 Å². The molecule has 0 aromatic heterocycles. The van der Waals surface area contributed by atoms with Crippen molar-refractivity contribution < 1.29 is 14.3 Å². The number of amides is 1. The summed E-state index contributed by atoms with van der Waals surface area (Å²) in [6.45, 7) is 5.07. The Balaban J connectivity index is 2.42. The molecule has 1 rings (SSSR count). The van der Waals surface area contributed by atoms with Gasteiger partial charge in [0.05, 0.1) is 0 Å². The number of nitrogen functional groups attached to an aromatic ring is 1. The van der Waals surface area contributed by atoms with Gasteiger partial charge in [0.15, 0.2) is 6.61 Å². The molecule has 0 fully saturated rings. The van der Waals surface area contributed by atoms with E-state index in [9.17, 15) is 4.79 Å². The number of nitrogens with two attached hydrogens (primary N) is 1. The Morgan fingerprint density at radius 1 is 1.32 bits per heavy atom. The molecule has 0 heterocycles. The highest BCUT2D eigenvalue weighted by molar-refractivity contribution is 5.77. The number of hydrogen-bond donors (Lipinski definition) is 2. The lowest BCUT2D eigenvalue weighted by Crippen LogP contribution is -2.30. The molecule has 3 N–H and O–H groups in total. The first-order chi connectivity index (χ1) is 9.04. The molecular formula is C14H22N2O3. The average molecular weight is 266 g/mol. The van der Waals surface area contributed by atoms with E-state index in [1.54, 1.807) is 7.11 Å². The number of aryl methyl sites for hydroxylation is 2. The van der Waals surface area contributed by atoms with Gasteiger partial charge in [0.25, 0.3) is 5.91 Å². The topological polar surface area (TPSA) is 73.6 Å². The molecule has 5 heteroatoms. The molecule has 0 spiro atoms. The van der Waals surface area contributed by atoms with Gasteiger partial charge in [-0.1, -0.05) is 0 Å². The SMILES string of the molecule is COCCCNC(=O)COc1c(C)cc(N)cc1C. The van der Waals surface area contributed by atoms with Gasteiger partial charge in [0, 0.05) is 25.9 Å². The molecule has 0 radical (unpaired) electrons. The minimum absolute atomic E-state index is 0.0125. The Morgan fingerprint density at radius 2 is 1.95 bits per heavy atom. The first-order valence-corrected chi connectivity index (χ1v) is 6.29. The van der Waals surface area contributed by atoms with E-state index in [1.165, 1.54) is 0 Å². The predicted molar refractivity (Wildman–Crippen MR) is 75.3 cm³/mol. The summed E-state index contributed by atoms with van der Waals surface area (Å²) >= 11 is 0. The number of rotatable bonds is 7. The lowest BCUT2D eigenvalue weighted by molar-refractivity contribution is -0.123. The molecule has 1 aromatic carbocycles. The Kier molecular flexibility index (Phi) is 6.15. The minimum Gasteiger partial charge on any atom is -0.483 e. The summed E-state index contributed by atoms with van der Waals surface area (Å²) in [6, 6.07) is 3.66. The van der Waals surface area contributed by atoms with Crippen molar-refractivity contribution in [3.63, 3.8) is 0 Å². The number of methoxy groups -OCH3 is 1. The van der Waals surface area contributed by atoms with Crippen LogP contribution in [0.4, 0.5) is 5.69 Å². The van der Waals surface area contributed by atoms with Crippen molar-refractivity contribution >= 4 is 11.6 Å². The summed E-state index contributed by atoms with van der Waals surface area (Å²) < 4.78 is 10.4. The fourth-order valence-corrected chi connectivity index (χ4v) is 1.84. The number of anilines is 1. The van der Waals surface area contributed by atoms with E-state index in [2.05, 4.69) is 5.32 Å². The zero-order valence-corrected chi connectivity index (χ0v) is 11.8. The summed E-state index contributed by atoms with van der Waals surface area (Å²) in [5, 5.41) is 2.77. The second-order valence-electron chi connectivity index (χ2n) is 4.47. The maximum Gasteiger partial charge on any atom is 0.257 e. The van der Waals surface area contributed by atoms with Crippen LogP contribution in [0.5, 0.6) is 5.75 Å². The Labute approximate surface area is 114 Å². The van der Waals surface area contributed by atoms with Crippen LogP contribution in [0.25, 0.3) is 0 Å². The predicted octanol–water partition coefficient (Wildman–Crippen LogP) is 1.42. The van der Waals surface area contributed by atoms with Crippen LogP contribution in [0.15, 0.2) is 12.1 Å². The summed E-state index contributed by atoms with van der Waals surface area (Å²) in [5.74, 6) is 0.591. The smallest absolute Gasteiger partial charge is 0.257 e. The largest absolute Gasteiger partial charge is 0.483 e. The van der Waals surface area contributed by atoms with Crippen LogP contribution in [0.3, 0.4) is 0 Å². The quantitative estimate of drug-likeness (QED) is 0.578. The molecule has 0 saturated heterocycles. The van der Waals surface area contributed by atoms with Gasteiger partial charge >= 0.3 is 0 Å². The molecule has 0 saturated carbocycles. The van der Waals surface area contributed by atoms with Gasteiger partial charge in [-0.05, 0) is 43.5 Å². The van der Waals surface area contributed by atoms with E-state index >= 15 is 0 Å². The molecule has 0 atom stereocenters. The number of ether oxygens (including phenoxy) is 2. The first kappa shape index (κ1) is 15.3. The number of carbonyl (C=O) groups is 1. The Bertz CT molecular complexity index is 410. The Hall–Kier alpha value is -1.75. The van der Waals surface area contributed by atoms with E-state index in [0.29, 0.717) is 18.8 Å². The lowest BCUT2D eigenvalue weighted by Gasteiger charge is -2.13. The Morgan fingerprint density at radius 3 is 2.53 bits per heavy atom. The third-order valence-corrected chi connectivity index (χ3v) is 2.68. The van der Waals surface area contributed by atoms with Gasteiger partial charge < -0.3 is 20.5 Å². The summed E-state index contributed by atoms with van der Waals surface area (Å²) in [4.78, 5) is 11.6. The van der Waals surface area contributed by atoms with Crippen molar-refractivity contribution in [2.75, 3.05) is 32.6 Å². The van der Waals surface area contributed by atoms with E-state index < -0.39 is 0 Å². The molecule has 0 bridgehead atoms. The third kappa shape index (κ3) is 5.18. The molecule has 5 nitrogen and oxygen atoms in total. The summed E-state index contributed by atoms with van der Waals surface area (Å²) in [5.41, 5.74) is 8.30. The molecule has 106 valence electrons. The standard InChI is InChI=1S/C14H22N2O3/c1-10-7-12(15)8-11(2)14(10)19-9-13(17)16-5-4-6-18-3/h7-8H,4-6,9,15H2,1-3H3,(H,16,17). The molecule has 19 heavy (non-hydrogen) atoms. The second kappa shape index (κ2) is 7.63. The zero-order chi connectivity index (χ0) is 14.3. The van der Waals surface area contributed by atoms with Crippen LogP contribution in [-0.4, -0.2) is 32.8 Å². The summed E-state index contributed by atoms with van der Waals surface area (Å²) in [6.07, 6.45) is 0.794. The lowest BCUT2D eigenvalue weighted by atomic mass is 10.1. The van der Waals surface area contributed by atoms with Crippen LogP contribution in [-0.2, 0) is 9.53 Å². The fraction of sp³-hybridized carbons (Fsp3) is 0.500. The first-order valence-electron chi connectivity index (χ1n) is 6.29. The van der Waals surface area contributed by atoms with Crippen molar-refractivity contribution in [1.29, 1.82) is 0 Å². The van der Waals surface area contributed by atoms with E-state index in [0.717, 1.165) is 23.3 Å². The minimum atomic E-state index is -0.133. The number of carbonyl (C=O) groups excluding carboxylic acids is 1. The highest BCUT2D eigenvalue weighted by atomic mass is 16.5. The van der Waals surface area contributed by atoms with Gasteiger partial charge in [-0.3, -0.25) is 4.79 Å². The van der Waals surface area contributed by atoms with Crippen molar-refractivity contribution in [1.82, 2.24) is 5.32 Å². The van der Waals surface area contributed by atoms with Crippen LogP contribution in [0.2, 0.25) is 0 Å². The number of benzene rings is 1. The molecular weight excluding hydrogens is 244 g/mol. The highest BCUT2D eigenvalue weighted by Crippen LogP contribution is 2.25. The van der Waals surface area contributed by atoms with E-state index in [-0.39, 0.29) is 12.5 Å². The maximum atomic E-state index is 11.6. The maximum absolute atomic E-state index is 11.6. The molecule has 1 amide bonds. The van der Waals surface area contributed by atoms with Crippen molar-refractivity contribution in [3.05, 3.63) is 23.3 Å². The molecule has 0 aliphatic carbocycles. The van der Waals surface area contributed by atoms with Crippen molar-refractivity contribution in [2.45, 2.75) is 20.3 Å². The molecule has 0 aliphatic heterocycles. The molecule has 1 aromatic rings. The fourth-order valence-electron chi connectivity index (χ4n) is 1.84. The second-order valence-corrected chi connectivity index (χ2v) is 4.47. The van der Waals surface area contributed by atoms with Gasteiger partial charge in [-0.15, -0.1) is 0 Å². The van der Waals surface area contributed by atoms with Crippen LogP contribution >= 0.6 is 0 Å². The van der Waals surface area contributed by atoms with E-state index in [1.807, 2.05) is 26.0 Å². The van der Waals surface area contributed by atoms with Crippen molar-refractivity contribution in [3.8, 4) is 5.75 Å². The zero-order valence-electron chi connectivity index (χ0n) is 11.8. The van der Waals surface area contributed by atoms with Gasteiger partial charge in [0.1, 0.15) is 5.75 Å². The summed E-state index contributed by atoms with van der Waals surface area (Å²) in [7, 11) is 1.64.